The zero-order valence-corrected chi connectivity index (χ0v) is 13.0. The maximum atomic E-state index is 14.4. The Morgan fingerprint density at radius 2 is 2.17 bits per heavy atom. The van der Waals surface area contributed by atoms with Gasteiger partial charge >= 0.3 is 5.92 Å². The van der Waals surface area contributed by atoms with Crippen LogP contribution in [-0.2, 0) is 4.74 Å². The fraction of sp³-hybridized carbons (Fsp3) is 0.333. The van der Waals surface area contributed by atoms with Crippen LogP contribution in [0.3, 0.4) is 0 Å². The van der Waals surface area contributed by atoms with Gasteiger partial charge in [-0.15, -0.1) is 0 Å². The molecule has 0 radical (unpaired) electrons. The van der Waals surface area contributed by atoms with Crippen molar-refractivity contribution < 1.29 is 23.7 Å². The molecule has 0 unspecified atom stereocenters. The number of nitrogens with zero attached hydrogens (tertiary/aromatic N) is 3. The van der Waals surface area contributed by atoms with Gasteiger partial charge in [0, 0.05) is 22.5 Å². The van der Waals surface area contributed by atoms with E-state index in [1.807, 2.05) is 16.8 Å². The van der Waals surface area contributed by atoms with Crippen molar-refractivity contribution in [2.24, 2.45) is 0 Å². The van der Waals surface area contributed by atoms with Gasteiger partial charge in [0.1, 0.15) is 18.1 Å². The van der Waals surface area contributed by atoms with E-state index in [9.17, 15) is 13.9 Å². The fourth-order valence-electron chi connectivity index (χ4n) is 2.91. The molecule has 24 heavy (non-hydrogen) atoms. The van der Waals surface area contributed by atoms with Crippen molar-refractivity contribution in [2.45, 2.75) is 24.4 Å². The molecule has 0 aromatic carbocycles. The molecule has 3 aromatic heterocycles. The molecule has 3 atom stereocenters. The molecule has 2 N–H and O–H groups in total. The van der Waals surface area contributed by atoms with Crippen LogP contribution < -0.4 is 0 Å². The van der Waals surface area contributed by atoms with Gasteiger partial charge in [-0.1, -0.05) is 0 Å². The first-order valence-corrected chi connectivity index (χ1v) is 8.14. The van der Waals surface area contributed by atoms with Gasteiger partial charge in [-0.25, -0.2) is 9.97 Å². The van der Waals surface area contributed by atoms with Crippen LogP contribution in [0.1, 0.15) is 6.23 Å². The van der Waals surface area contributed by atoms with E-state index in [2.05, 4.69) is 9.97 Å². The summed E-state index contributed by atoms with van der Waals surface area (Å²) < 4.78 is 35.1. The minimum atomic E-state index is -3.55. The molecule has 0 bridgehead atoms. The van der Waals surface area contributed by atoms with E-state index in [0.29, 0.717) is 11.1 Å². The second-order valence-electron chi connectivity index (χ2n) is 5.52. The van der Waals surface area contributed by atoms with Gasteiger partial charge in [0.05, 0.1) is 12.3 Å². The molecule has 1 fully saturated rings. The van der Waals surface area contributed by atoms with E-state index in [0.717, 1.165) is 5.56 Å². The number of rotatable bonds is 3. The van der Waals surface area contributed by atoms with Gasteiger partial charge in [-0.2, -0.15) is 20.1 Å². The van der Waals surface area contributed by atoms with E-state index in [-0.39, 0.29) is 5.65 Å². The molecule has 4 heterocycles. The van der Waals surface area contributed by atoms with Crippen LogP contribution in [0.4, 0.5) is 8.78 Å². The van der Waals surface area contributed by atoms with Gasteiger partial charge in [-0.05, 0) is 17.5 Å². The third-order valence-electron chi connectivity index (χ3n) is 4.12. The molecule has 1 aliphatic rings. The number of aromatic nitrogens is 3. The Morgan fingerprint density at radius 1 is 1.33 bits per heavy atom. The van der Waals surface area contributed by atoms with Crippen LogP contribution in [0, 0.1) is 0 Å². The lowest BCUT2D eigenvalue weighted by atomic mass is 10.1. The Morgan fingerprint density at radius 3 is 2.83 bits per heavy atom. The number of hydrogen-bond donors (Lipinski definition) is 2. The molecule has 6 nitrogen and oxygen atoms in total. The highest BCUT2D eigenvalue weighted by Crippen LogP contribution is 2.44. The van der Waals surface area contributed by atoms with Crippen molar-refractivity contribution in [1.82, 2.24) is 14.5 Å². The topological polar surface area (TPSA) is 80.4 Å². The van der Waals surface area contributed by atoms with Crippen molar-refractivity contribution in [1.29, 1.82) is 0 Å². The molecule has 9 heteroatoms. The highest BCUT2D eigenvalue weighted by molar-refractivity contribution is 7.08. The minimum Gasteiger partial charge on any atom is -0.394 e. The maximum Gasteiger partial charge on any atom is 0.320 e. The summed E-state index contributed by atoms with van der Waals surface area (Å²) in [6, 6.07) is 3.52. The van der Waals surface area contributed by atoms with Crippen molar-refractivity contribution >= 4 is 22.4 Å². The van der Waals surface area contributed by atoms with E-state index in [4.69, 9.17) is 9.84 Å². The standard InChI is InChI=1S/C15H13F2N3O3S/c16-15(17)12(22)10(5-21)23-14(15)20-3-1-9-11(8-2-4-24-6-8)18-7-19-13(9)20/h1-4,6-7,10,12,14,21-22H,5H2/t10-,12-,14-/m1/s1. The first-order valence-electron chi connectivity index (χ1n) is 7.20. The lowest BCUT2D eigenvalue weighted by Crippen LogP contribution is -2.39. The minimum absolute atomic E-state index is 0.279. The van der Waals surface area contributed by atoms with Gasteiger partial charge < -0.3 is 19.5 Å². The van der Waals surface area contributed by atoms with Gasteiger partial charge in [0.2, 0.25) is 6.23 Å². The quantitative estimate of drug-likeness (QED) is 0.753. The lowest BCUT2D eigenvalue weighted by molar-refractivity contribution is -0.138. The number of aliphatic hydroxyl groups is 2. The van der Waals surface area contributed by atoms with Crippen LogP contribution in [0.5, 0.6) is 0 Å². The zero-order valence-electron chi connectivity index (χ0n) is 12.2. The van der Waals surface area contributed by atoms with Crippen molar-refractivity contribution in [3.05, 3.63) is 35.4 Å². The number of hydrogen-bond acceptors (Lipinski definition) is 6. The highest BCUT2D eigenvalue weighted by atomic mass is 32.1. The Labute approximate surface area is 139 Å². The number of alkyl halides is 2. The van der Waals surface area contributed by atoms with Crippen LogP contribution in [0.2, 0.25) is 0 Å². The predicted molar refractivity (Wildman–Crippen MR) is 82.8 cm³/mol. The largest absolute Gasteiger partial charge is 0.394 e. The molecular weight excluding hydrogens is 340 g/mol. The van der Waals surface area contributed by atoms with Gasteiger partial charge in [0.25, 0.3) is 0 Å². The summed E-state index contributed by atoms with van der Waals surface area (Å²) in [5, 5.41) is 23.2. The van der Waals surface area contributed by atoms with E-state index in [1.54, 1.807) is 6.07 Å². The Bertz CT molecular complexity index is 868. The van der Waals surface area contributed by atoms with Crippen LogP contribution in [-0.4, -0.2) is 49.5 Å². The SMILES string of the molecule is OC[C@H]1O[C@@H](n2ccc3c(-c4ccsc4)ncnc32)C(F)(F)[C@@H]1O. The number of ether oxygens (including phenoxy) is 1. The predicted octanol–water partition coefficient (Wildman–Crippen LogP) is 2.05. The summed E-state index contributed by atoms with van der Waals surface area (Å²) in [4.78, 5) is 8.33. The molecule has 0 saturated carbocycles. The first kappa shape index (κ1) is 15.6. The molecule has 126 valence electrons. The lowest BCUT2D eigenvalue weighted by Gasteiger charge is -2.21. The van der Waals surface area contributed by atoms with Crippen LogP contribution in [0.15, 0.2) is 35.4 Å². The Hall–Kier alpha value is -1.94. The van der Waals surface area contributed by atoms with Gasteiger partial charge in [0.15, 0.2) is 6.10 Å². The highest BCUT2D eigenvalue weighted by Gasteiger charge is 2.59. The second-order valence-corrected chi connectivity index (χ2v) is 6.30. The average Bonchev–Trinajstić information content (AvgIpc) is 3.28. The monoisotopic (exact) mass is 353 g/mol. The fourth-order valence-corrected chi connectivity index (χ4v) is 3.55. The van der Waals surface area contributed by atoms with Crippen LogP contribution in [0.25, 0.3) is 22.3 Å². The Kier molecular flexibility index (Phi) is 3.61. The van der Waals surface area contributed by atoms with Crippen molar-refractivity contribution in [2.75, 3.05) is 6.61 Å². The summed E-state index contributed by atoms with van der Waals surface area (Å²) in [6.45, 7) is -0.693. The molecule has 4 rings (SSSR count). The molecule has 1 saturated heterocycles. The molecule has 1 aliphatic heterocycles. The maximum absolute atomic E-state index is 14.4. The van der Waals surface area contributed by atoms with Crippen LogP contribution >= 0.6 is 11.3 Å². The number of halogens is 2. The molecule has 0 amide bonds. The van der Waals surface area contributed by atoms with E-state index >= 15 is 0 Å². The third kappa shape index (κ3) is 2.16. The average molecular weight is 353 g/mol. The normalized spacial score (nSPS) is 26.2. The summed E-state index contributed by atoms with van der Waals surface area (Å²) in [6.07, 6.45) is -2.43. The van der Waals surface area contributed by atoms with Crippen molar-refractivity contribution in [3.8, 4) is 11.3 Å². The van der Waals surface area contributed by atoms with E-state index < -0.39 is 31.0 Å². The van der Waals surface area contributed by atoms with Crippen molar-refractivity contribution in [3.63, 3.8) is 0 Å². The number of thiophene rings is 1. The number of fused-ring (bicyclic) bond motifs is 1. The summed E-state index contributed by atoms with van der Waals surface area (Å²) in [5.74, 6) is -3.55. The third-order valence-corrected chi connectivity index (χ3v) is 4.80. The molecule has 0 aliphatic carbocycles. The summed E-state index contributed by atoms with van der Waals surface area (Å²) >= 11 is 1.51. The molecular formula is C15H13F2N3O3S. The second kappa shape index (κ2) is 5.55. The smallest absolute Gasteiger partial charge is 0.320 e. The van der Waals surface area contributed by atoms with Gasteiger partial charge in [-0.3, -0.25) is 0 Å². The van der Waals surface area contributed by atoms with E-state index in [1.165, 1.54) is 28.4 Å². The number of aliphatic hydroxyl groups excluding tert-OH is 2. The molecule has 0 spiro atoms. The zero-order chi connectivity index (χ0) is 16.9. The summed E-state index contributed by atoms with van der Waals surface area (Å²) in [7, 11) is 0. The molecule has 3 aromatic rings. The first-order chi connectivity index (χ1) is 11.5. The summed E-state index contributed by atoms with van der Waals surface area (Å²) in [5.41, 5.74) is 1.79. The Balaban J connectivity index is 1.83.